The highest BCUT2D eigenvalue weighted by atomic mass is 16.4. The minimum absolute atomic E-state index is 0.320. The molecular formula is C22H36O2. The fourth-order valence-corrected chi connectivity index (χ4v) is 3.19. The molecule has 2 heteroatoms. The summed E-state index contributed by atoms with van der Waals surface area (Å²) >= 11 is 0. The van der Waals surface area contributed by atoms with Gasteiger partial charge in [-0.25, -0.2) is 0 Å². The number of carbonyl (C=O) groups is 1. The van der Waals surface area contributed by atoms with Gasteiger partial charge in [-0.15, -0.1) is 0 Å². The number of unbranched alkanes of at least 4 members (excludes halogenated alkanes) is 9. The smallest absolute Gasteiger partial charge is 0.303 e. The van der Waals surface area contributed by atoms with Gasteiger partial charge in [0.1, 0.15) is 0 Å². The lowest BCUT2D eigenvalue weighted by Crippen LogP contribution is -1.94. The first-order valence-electron chi connectivity index (χ1n) is 10.0. The van der Waals surface area contributed by atoms with Crippen molar-refractivity contribution in [1.29, 1.82) is 0 Å². The highest BCUT2D eigenvalue weighted by Crippen LogP contribution is 2.14. The molecule has 1 aromatic rings. The van der Waals surface area contributed by atoms with Crippen LogP contribution in [0.4, 0.5) is 0 Å². The maximum atomic E-state index is 10.4. The molecule has 136 valence electrons. The van der Waals surface area contributed by atoms with Gasteiger partial charge in [-0.05, 0) is 43.2 Å². The molecule has 0 unspecified atom stereocenters. The second-order valence-electron chi connectivity index (χ2n) is 7.00. The Balaban J connectivity index is 2.10. The first-order chi connectivity index (χ1) is 11.7. The van der Waals surface area contributed by atoms with Gasteiger partial charge in [0.25, 0.3) is 0 Å². The molecule has 0 bridgehead atoms. The van der Waals surface area contributed by atoms with E-state index in [1.54, 1.807) is 0 Å². The van der Waals surface area contributed by atoms with Crippen LogP contribution >= 0.6 is 0 Å². The zero-order chi connectivity index (χ0) is 17.5. The normalized spacial score (nSPS) is 10.9. The molecule has 0 atom stereocenters. The Labute approximate surface area is 148 Å². The van der Waals surface area contributed by atoms with E-state index in [4.69, 9.17) is 5.11 Å². The van der Waals surface area contributed by atoms with E-state index in [9.17, 15) is 4.79 Å². The van der Waals surface area contributed by atoms with Crippen molar-refractivity contribution in [2.75, 3.05) is 0 Å². The summed E-state index contributed by atoms with van der Waals surface area (Å²) in [5.41, 5.74) is 2.95. The van der Waals surface area contributed by atoms with Gasteiger partial charge in [0.05, 0.1) is 0 Å². The molecule has 0 spiro atoms. The van der Waals surface area contributed by atoms with Gasteiger partial charge in [-0.1, -0.05) is 82.6 Å². The Hall–Kier alpha value is -1.31. The van der Waals surface area contributed by atoms with E-state index >= 15 is 0 Å². The highest BCUT2D eigenvalue weighted by molar-refractivity contribution is 5.66. The summed E-state index contributed by atoms with van der Waals surface area (Å²) in [7, 11) is 0. The average Bonchev–Trinajstić information content (AvgIpc) is 2.57. The van der Waals surface area contributed by atoms with E-state index in [0.717, 1.165) is 25.7 Å². The summed E-state index contributed by atoms with van der Waals surface area (Å²) < 4.78 is 0. The monoisotopic (exact) mass is 332 g/mol. The number of rotatable bonds is 15. The molecule has 2 nitrogen and oxygen atoms in total. The van der Waals surface area contributed by atoms with Crippen LogP contribution in [0.15, 0.2) is 24.3 Å². The van der Waals surface area contributed by atoms with Crippen LogP contribution in [0, 0.1) is 0 Å². The SMILES string of the molecule is CCCCCCCCc1cccc(CCCCCCCC(=O)O)c1. The van der Waals surface area contributed by atoms with E-state index in [2.05, 4.69) is 31.2 Å². The van der Waals surface area contributed by atoms with Crippen LogP contribution in [0.2, 0.25) is 0 Å². The van der Waals surface area contributed by atoms with Crippen LogP contribution in [0.1, 0.15) is 95.1 Å². The largest absolute Gasteiger partial charge is 0.481 e. The van der Waals surface area contributed by atoms with Crippen LogP contribution in [0.3, 0.4) is 0 Å². The fraction of sp³-hybridized carbons (Fsp3) is 0.682. The van der Waals surface area contributed by atoms with Crippen LogP contribution in [0.5, 0.6) is 0 Å². The minimum atomic E-state index is -0.669. The van der Waals surface area contributed by atoms with E-state index in [0.29, 0.717) is 6.42 Å². The molecule has 0 heterocycles. The Bertz CT molecular complexity index is 439. The van der Waals surface area contributed by atoms with Gasteiger partial charge in [0.2, 0.25) is 0 Å². The van der Waals surface area contributed by atoms with Crippen LogP contribution in [0.25, 0.3) is 0 Å². The van der Waals surface area contributed by atoms with Crippen molar-refractivity contribution >= 4 is 5.97 Å². The van der Waals surface area contributed by atoms with Gasteiger partial charge >= 0.3 is 5.97 Å². The van der Waals surface area contributed by atoms with Crippen molar-refractivity contribution in [2.24, 2.45) is 0 Å². The molecular weight excluding hydrogens is 296 g/mol. The van der Waals surface area contributed by atoms with Crippen molar-refractivity contribution in [2.45, 2.75) is 96.8 Å². The third-order valence-corrected chi connectivity index (χ3v) is 4.67. The molecule has 1 rings (SSSR count). The first-order valence-corrected chi connectivity index (χ1v) is 10.0. The standard InChI is InChI=1S/C22H36O2/c1-2-3-4-5-7-10-14-20-16-13-17-21(19-20)15-11-8-6-9-12-18-22(23)24/h13,16-17,19H,2-12,14-15,18H2,1H3,(H,23,24). The van der Waals surface area contributed by atoms with E-state index < -0.39 is 5.97 Å². The molecule has 24 heavy (non-hydrogen) atoms. The summed E-state index contributed by atoms with van der Waals surface area (Å²) in [4.78, 5) is 10.4. The summed E-state index contributed by atoms with van der Waals surface area (Å²) in [6, 6.07) is 9.10. The quantitative estimate of drug-likeness (QED) is 0.369. The van der Waals surface area contributed by atoms with Crippen molar-refractivity contribution in [3.8, 4) is 0 Å². The van der Waals surface area contributed by atoms with Crippen LogP contribution in [-0.4, -0.2) is 11.1 Å². The summed E-state index contributed by atoms with van der Waals surface area (Å²) in [5.74, 6) is -0.669. The molecule has 0 aliphatic carbocycles. The number of carboxylic acids is 1. The Kier molecular flexibility index (Phi) is 12.2. The van der Waals surface area contributed by atoms with Crippen molar-refractivity contribution in [3.63, 3.8) is 0 Å². The zero-order valence-corrected chi connectivity index (χ0v) is 15.6. The van der Waals surface area contributed by atoms with Gasteiger partial charge in [0.15, 0.2) is 0 Å². The summed E-state index contributed by atoms with van der Waals surface area (Å²) in [5, 5.41) is 8.61. The predicted octanol–water partition coefficient (Wildman–Crippen LogP) is 6.56. The Morgan fingerprint density at radius 3 is 1.83 bits per heavy atom. The topological polar surface area (TPSA) is 37.3 Å². The van der Waals surface area contributed by atoms with Gasteiger partial charge in [-0.2, -0.15) is 0 Å². The molecule has 1 N–H and O–H groups in total. The van der Waals surface area contributed by atoms with Gasteiger partial charge in [0, 0.05) is 6.42 Å². The second-order valence-corrected chi connectivity index (χ2v) is 7.00. The molecule has 0 aromatic heterocycles. The third kappa shape index (κ3) is 11.3. The molecule has 0 radical (unpaired) electrons. The molecule has 0 amide bonds. The number of aryl methyl sites for hydroxylation is 2. The molecule has 0 aliphatic heterocycles. The number of benzene rings is 1. The van der Waals surface area contributed by atoms with Gasteiger partial charge < -0.3 is 5.11 Å². The second kappa shape index (κ2) is 14.1. The lowest BCUT2D eigenvalue weighted by Gasteiger charge is -2.06. The van der Waals surface area contributed by atoms with Crippen molar-refractivity contribution in [3.05, 3.63) is 35.4 Å². The third-order valence-electron chi connectivity index (χ3n) is 4.67. The lowest BCUT2D eigenvalue weighted by molar-refractivity contribution is -0.137. The molecule has 1 aromatic carbocycles. The average molecular weight is 333 g/mol. The maximum Gasteiger partial charge on any atom is 0.303 e. The number of aliphatic carboxylic acids is 1. The number of hydrogen-bond acceptors (Lipinski definition) is 1. The highest BCUT2D eigenvalue weighted by Gasteiger charge is 1.99. The van der Waals surface area contributed by atoms with E-state index in [1.807, 2.05) is 0 Å². The van der Waals surface area contributed by atoms with Crippen molar-refractivity contribution in [1.82, 2.24) is 0 Å². The molecule has 0 aliphatic rings. The van der Waals surface area contributed by atoms with E-state index in [-0.39, 0.29) is 0 Å². The van der Waals surface area contributed by atoms with E-state index in [1.165, 1.54) is 68.9 Å². The Morgan fingerprint density at radius 1 is 0.792 bits per heavy atom. The van der Waals surface area contributed by atoms with Gasteiger partial charge in [-0.3, -0.25) is 4.79 Å². The summed E-state index contributed by atoms with van der Waals surface area (Å²) in [6.07, 6.45) is 16.3. The maximum absolute atomic E-state index is 10.4. The molecule has 0 saturated carbocycles. The summed E-state index contributed by atoms with van der Waals surface area (Å²) in [6.45, 7) is 2.27. The predicted molar refractivity (Wildman–Crippen MR) is 103 cm³/mol. The fourth-order valence-electron chi connectivity index (χ4n) is 3.19. The number of hydrogen-bond donors (Lipinski definition) is 1. The first kappa shape index (κ1) is 20.7. The molecule has 0 fully saturated rings. The zero-order valence-electron chi connectivity index (χ0n) is 15.6. The lowest BCUT2D eigenvalue weighted by atomic mass is 10.00. The molecule has 0 saturated heterocycles. The van der Waals surface area contributed by atoms with Crippen LogP contribution < -0.4 is 0 Å². The Morgan fingerprint density at radius 2 is 1.29 bits per heavy atom. The van der Waals surface area contributed by atoms with Crippen molar-refractivity contribution < 1.29 is 9.90 Å². The number of carboxylic acid groups (broad SMARTS) is 1. The minimum Gasteiger partial charge on any atom is -0.481 e. The van der Waals surface area contributed by atoms with Crippen LogP contribution in [-0.2, 0) is 17.6 Å².